The molecule has 2 aromatic heterocycles. The van der Waals surface area contributed by atoms with Crippen molar-refractivity contribution in [2.75, 3.05) is 0 Å². The van der Waals surface area contributed by atoms with Gasteiger partial charge in [-0.3, -0.25) is 4.68 Å². The van der Waals surface area contributed by atoms with E-state index < -0.39 is 0 Å². The van der Waals surface area contributed by atoms with E-state index in [0.29, 0.717) is 18.9 Å². The molecule has 8 heteroatoms. The Bertz CT molecular complexity index is 1010. The normalized spacial score (nSPS) is 11.0. The summed E-state index contributed by atoms with van der Waals surface area (Å²) in [7, 11) is 0. The molecule has 2 heterocycles. The van der Waals surface area contributed by atoms with Gasteiger partial charge in [-0.1, -0.05) is 58.4 Å². The maximum Gasteiger partial charge on any atom is 0.209 e. The van der Waals surface area contributed by atoms with E-state index in [1.54, 1.807) is 11.0 Å². The maximum absolute atomic E-state index is 4.50. The minimum Gasteiger partial charge on any atom is -0.254 e. The minimum atomic E-state index is 0.578. The number of benzene rings is 2. The molecule has 0 aliphatic rings. The van der Waals surface area contributed by atoms with Gasteiger partial charge < -0.3 is 0 Å². The molecule has 6 nitrogen and oxygen atoms in total. The first-order valence-corrected chi connectivity index (χ1v) is 9.84. The molecule has 0 amide bonds. The van der Waals surface area contributed by atoms with Gasteiger partial charge in [0.05, 0.1) is 24.8 Å². The molecule has 0 fully saturated rings. The van der Waals surface area contributed by atoms with Gasteiger partial charge >= 0.3 is 0 Å². The summed E-state index contributed by atoms with van der Waals surface area (Å²) in [5, 5.41) is 17.3. The monoisotopic (exact) mass is 520 g/mol. The number of halogens is 2. The van der Waals surface area contributed by atoms with Crippen LogP contribution in [0, 0.1) is 3.70 Å². The van der Waals surface area contributed by atoms with Gasteiger partial charge in [0, 0.05) is 4.47 Å². The second kappa shape index (κ2) is 7.67. The highest BCUT2D eigenvalue weighted by atomic mass is 127. The van der Waals surface area contributed by atoms with Crippen LogP contribution in [0.2, 0.25) is 0 Å². The lowest BCUT2D eigenvalue weighted by molar-refractivity contribution is 0.573. The summed E-state index contributed by atoms with van der Waals surface area (Å²) >= 11 is 5.72. The standard InChI is InChI=1S/C18H14BrIN6/c19-15-8-6-14(7-9-15)12-26-23-18(22-24-26)16-10-21-25(17(16)20)11-13-4-2-1-3-5-13/h1-10H,11-12H2. The lowest BCUT2D eigenvalue weighted by atomic mass is 10.2. The van der Waals surface area contributed by atoms with Gasteiger partial charge in [-0.25, -0.2) is 0 Å². The second-order valence-electron chi connectivity index (χ2n) is 5.76. The summed E-state index contributed by atoms with van der Waals surface area (Å²) in [6.45, 7) is 1.29. The third-order valence-electron chi connectivity index (χ3n) is 3.88. The first kappa shape index (κ1) is 17.3. The molecular weight excluding hydrogens is 507 g/mol. The number of aromatic nitrogens is 6. The van der Waals surface area contributed by atoms with Crippen molar-refractivity contribution < 1.29 is 0 Å². The molecular formula is C18H14BrIN6. The van der Waals surface area contributed by atoms with Gasteiger partial charge in [-0.2, -0.15) is 9.90 Å². The van der Waals surface area contributed by atoms with Crippen LogP contribution in [0.15, 0.2) is 65.3 Å². The Morgan fingerprint density at radius 1 is 0.923 bits per heavy atom. The van der Waals surface area contributed by atoms with Crippen molar-refractivity contribution >= 4 is 38.5 Å². The van der Waals surface area contributed by atoms with Crippen LogP contribution in [0.3, 0.4) is 0 Å². The molecule has 0 aliphatic heterocycles. The van der Waals surface area contributed by atoms with Crippen LogP contribution in [0.4, 0.5) is 0 Å². The zero-order chi connectivity index (χ0) is 17.9. The largest absolute Gasteiger partial charge is 0.254 e. The van der Waals surface area contributed by atoms with Gasteiger partial charge in [0.25, 0.3) is 0 Å². The Morgan fingerprint density at radius 2 is 1.65 bits per heavy atom. The summed E-state index contributed by atoms with van der Waals surface area (Å²) in [6, 6.07) is 18.3. The Labute approximate surface area is 172 Å². The molecule has 0 saturated heterocycles. The topological polar surface area (TPSA) is 61.4 Å². The highest BCUT2D eigenvalue weighted by Crippen LogP contribution is 2.22. The Balaban J connectivity index is 1.53. The van der Waals surface area contributed by atoms with Crippen LogP contribution in [0.5, 0.6) is 0 Å². The van der Waals surface area contributed by atoms with Crippen LogP contribution >= 0.6 is 38.5 Å². The molecule has 0 atom stereocenters. The minimum absolute atomic E-state index is 0.578. The van der Waals surface area contributed by atoms with Crippen LogP contribution in [0.1, 0.15) is 11.1 Å². The van der Waals surface area contributed by atoms with Crippen molar-refractivity contribution in [1.29, 1.82) is 0 Å². The van der Waals surface area contributed by atoms with Crippen molar-refractivity contribution in [2.45, 2.75) is 13.1 Å². The van der Waals surface area contributed by atoms with Crippen LogP contribution < -0.4 is 0 Å². The molecule has 4 rings (SSSR count). The van der Waals surface area contributed by atoms with Gasteiger partial charge in [0.1, 0.15) is 3.70 Å². The number of hydrogen-bond acceptors (Lipinski definition) is 4. The van der Waals surface area contributed by atoms with E-state index in [9.17, 15) is 0 Å². The van der Waals surface area contributed by atoms with E-state index in [2.05, 4.69) is 71.2 Å². The summed E-state index contributed by atoms with van der Waals surface area (Å²) in [5.74, 6) is 0.589. The first-order valence-electron chi connectivity index (χ1n) is 7.97. The van der Waals surface area contributed by atoms with E-state index in [0.717, 1.165) is 19.3 Å². The fourth-order valence-electron chi connectivity index (χ4n) is 2.56. The number of rotatable bonds is 5. The second-order valence-corrected chi connectivity index (χ2v) is 7.70. The number of tetrazole rings is 1. The molecule has 26 heavy (non-hydrogen) atoms. The third kappa shape index (κ3) is 3.85. The quantitative estimate of drug-likeness (QED) is 0.373. The summed E-state index contributed by atoms with van der Waals surface area (Å²) < 4.78 is 3.99. The van der Waals surface area contributed by atoms with Crippen molar-refractivity contribution in [3.63, 3.8) is 0 Å². The summed E-state index contributed by atoms with van der Waals surface area (Å²) in [6.07, 6.45) is 1.80. The third-order valence-corrected chi connectivity index (χ3v) is 5.55. The molecule has 4 aromatic rings. The average Bonchev–Trinajstić information content (AvgIpc) is 3.25. The van der Waals surface area contributed by atoms with Crippen molar-refractivity contribution in [3.8, 4) is 11.4 Å². The average molecular weight is 521 g/mol. The van der Waals surface area contributed by atoms with Gasteiger partial charge in [-0.05, 0) is 51.1 Å². The lowest BCUT2D eigenvalue weighted by Crippen LogP contribution is -2.04. The molecule has 0 spiro atoms. The van der Waals surface area contributed by atoms with E-state index >= 15 is 0 Å². The molecule has 0 saturated carbocycles. The van der Waals surface area contributed by atoms with Crippen molar-refractivity contribution in [3.05, 3.63) is 80.1 Å². The Hall–Kier alpha value is -2.07. The maximum atomic E-state index is 4.50. The Morgan fingerprint density at radius 3 is 2.42 bits per heavy atom. The zero-order valence-electron chi connectivity index (χ0n) is 13.6. The highest BCUT2D eigenvalue weighted by Gasteiger charge is 2.15. The fraction of sp³-hybridized carbons (Fsp3) is 0.111. The fourth-order valence-corrected chi connectivity index (χ4v) is 3.50. The SMILES string of the molecule is Brc1ccc(Cn2nnc(-c3cnn(Cc4ccccc4)c3I)n2)cc1. The van der Waals surface area contributed by atoms with Gasteiger partial charge in [0.2, 0.25) is 5.82 Å². The predicted octanol–water partition coefficient (Wildman–Crippen LogP) is 4.00. The zero-order valence-corrected chi connectivity index (χ0v) is 17.4. The molecule has 2 aromatic carbocycles. The summed E-state index contributed by atoms with van der Waals surface area (Å²) in [5.41, 5.74) is 3.21. The molecule has 0 radical (unpaired) electrons. The molecule has 130 valence electrons. The number of hydrogen-bond donors (Lipinski definition) is 0. The van der Waals surface area contributed by atoms with Crippen LogP contribution in [-0.4, -0.2) is 30.0 Å². The van der Waals surface area contributed by atoms with E-state index in [4.69, 9.17) is 0 Å². The van der Waals surface area contributed by atoms with Gasteiger partial charge in [-0.15, -0.1) is 10.2 Å². The van der Waals surface area contributed by atoms with E-state index in [1.807, 2.05) is 47.1 Å². The lowest BCUT2D eigenvalue weighted by Gasteiger charge is -2.03. The first-order chi connectivity index (χ1) is 12.7. The van der Waals surface area contributed by atoms with E-state index in [-0.39, 0.29) is 0 Å². The van der Waals surface area contributed by atoms with Gasteiger partial charge in [0.15, 0.2) is 0 Å². The highest BCUT2D eigenvalue weighted by molar-refractivity contribution is 14.1. The molecule has 0 bridgehead atoms. The number of nitrogens with zero attached hydrogens (tertiary/aromatic N) is 6. The van der Waals surface area contributed by atoms with Crippen molar-refractivity contribution in [2.24, 2.45) is 0 Å². The molecule has 0 N–H and O–H groups in total. The van der Waals surface area contributed by atoms with E-state index in [1.165, 1.54) is 5.56 Å². The van der Waals surface area contributed by atoms with Crippen LogP contribution in [0.25, 0.3) is 11.4 Å². The Kier molecular flexibility index (Phi) is 5.11. The molecule has 0 unspecified atom stereocenters. The molecule has 0 aliphatic carbocycles. The predicted molar refractivity (Wildman–Crippen MR) is 111 cm³/mol. The summed E-state index contributed by atoms with van der Waals surface area (Å²) in [4.78, 5) is 1.60. The smallest absolute Gasteiger partial charge is 0.209 e. The van der Waals surface area contributed by atoms with Crippen LogP contribution in [-0.2, 0) is 13.1 Å². The van der Waals surface area contributed by atoms with Crippen molar-refractivity contribution in [1.82, 2.24) is 30.0 Å².